The Bertz CT molecular complexity index is 614. The van der Waals surface area contributed by atoms with E-state index in [2.05, 4.69) is 26.2 Å². The minimum Gasteiger partial charge on any atom is -0.366 e. The fraction of sp³-hybridized carbons (Fsp3) is 0.154. The first-order chi connectivity index (χ1) is 9.36. The van der Waals surface area contributed by atoms with Crippen molar-refractivity contribution in [2.75, 3.05) is 5.32 Å². The van der Waals surface area contributed by atoms with Gasteiger partial charge in [0.15, 0.2) is 0 Å². The summed E-state index contributed by atoms with van der Waals surface area (Å²) in [7, 11) is 0. The van der Waals surface area contributed by atoms with Gasteiger partial charge in [0.2, 0.25) is 0 Å². The SMILES string of the molecule is Fc1ccc(Br)cc1CNc1cccc(C(F)(F)F)n1. The Kier molecular flexibility index (Phi) is 4.27. The van der Waals surface area contributed by atoms with E-state index in [1.165, 1.54) is 18.2 Å². The summed E-state index contributed by atoms with van der Waals surface area (Å²) in [6.07, 6.45) is -4.50. The van der Waals surface area contributed by atoms with Crippen LogP contribution in [0.5, 0.6) is 0 Å². The van der Waals surface area contributed by atoms with Crippen LogP contribution in [0.15, 0.2) is 40.9 Å². The molecule has 0 aliphatic carbocycles. The quantitative estimate of drug-likeness (QED) is 0.819. The highest BCUT2D eigenvalue weighted by Crippen LogP contribution is 2.28. The van der Waals surface area contributed by atoms with Crippen LogP contribution in [0.3, 0.4) is 0 Å². The van der Waals surface area contributed by atoms with Crippen LogP contribution in [0.1, 0.15) is 11.3 Å². The van der Waals surface area contributed by atoms with E-state index in [0.29, 0.717) is 10.0 Å². The summed E-state index contributed by atoms with van der Waals surface area (Å²) < 4.78 is 51.6. The maximum Gasteiger partial charge on any atom is 0.433 e. The van der Waals surface area contributed by atoms with E-state index in [9.17, 15) is 17.6 Å². The van der Waals surface area contributed by atoms with Crippen molar-refractivity contribution in [2.45, 2.75) is 12.7 Å². The summed E-state index contributed by atoms with van der Waals surface area (Å²) in [5.41, 5.74) is -0.657. The first-order valence-corrected chi connectivity index (χ1v) is 6.37. The smallest absolute Gasteiger partial charge is 0.366 e. The number of pyridine rings is 1. The van der Waals surface area contributed by atoms with Gasteiger partial charge in [0.25, 0.3) is 0 Å². The molecule has 0 amide bonds. The van der Waals surface area contributed by atoms with Crippen molar-refractivity contribution in [1.82, 2.24) is 4.98 Å². The molecule has 1 heterocycles. The van der Waals surface area contributed by atoms with Crippen LogP contribution in [0.2, 0.25) is 0 Å². The lowest BCUT2D eigenvalue weighted by Crippen LogP contribution is -2.10. The van der Waals surface area contributed by atoms with Crippen LogP contribution in [0.25, 0.3) is 0 Å². The molecule has 1 N–H and O–H groups in total. The topological polar surface area (TPSA) is 24.9 Å². The average Bonchev–Trinajstić information content (AvgIpc) is 2.39. The molecule has 0 spiro atoms. The molecular weight excluding hydrogens is 340 g/mol. The van der Waals surface area contributed by atoms with Gasteiger partial charge in [0.1, 0.15) is 17.3 Å². The second-order valence-corrected chi connectivity index (χ2v) is 4.91. The number of aromatic nitrogens is 1. The lowest BCUT2D eigenvalue weighted by atomic mass is 10.2. The van der Waals surface area contributed by atoms with Gasteiger partial charge in [-0.1, -0.05) is 22.0 Å². The second-order valence-electron chi connectivity index (χ2n) is 4.00. The van der Waals surface area contributed by atoms with Crippen LogP contribution >= 0.6 is 15.9 Å². The van der Waals surface area contributed by atoms with Gasteiger partial charge in [0.05, 0.1) is 0 Å². The van der Waals surface area contributed by atoms with Gasteiger partial charge in [0, 0.05) is 16.6 Å². The summed E-state index contributed by atoms with van der Waals surface area (Å²) in [6, 6.07) is 7.89. The van der Waals surface area contributed by atoms with E-state index >= 15 is 0 Å². The number of alkyl halides is 3. The van der Waals surface area contributed by atoms with Crippen molar-refractivity contribution in [3.05, 3.63) is 57.9 Å². The largest absolute Gasteiger partial charge is 0.433 e. The monoisotopic (exact) mass is 348 g/mol. The Labute approximate surface area is 121 Å². The van der Waals surface area contributed by atoms with E-state index in [1.54, 1.807) is 12.1 Å². The van der Waals surface area contributed by atoms with E-state index in [4.69, 9.17) is 0 Å². The molecule has 106 valence electrons. The maximum absolute atomic E-state index is 13.5. The zero-order valence-corrected chi connectivity index (χ0v) is 11.6. The van der Waals surface area contributed by atoms with Crippen molar-refractivity contribution in [1.29, 1.82) is 0 Å². The Morgan fingerprint density at radius 2 is 1.90 bits per heavy atom. The van der Waals surface area contributed by atoms with Crippen LogP contribution < -0.4 is 5.32 Å². The summed E-state index contributed by atoms with van der Waals surface area (Å²) in [5.74, 6) is -0.396. The predicted molar refractivity (Wildman–Crippen MR) is 70.7 cm³/mol. The van der Waals surface area contributed by atoms with Crippen LogP contribution in [-0.2, 0) is 12.7 Å². The summed E-state index contributed by atoms with van der Waals surface area (Å²) in [4.78, 5) is 3.44. The molecule has 2 nitrogen and oxygen atoms in total. The minimum absolute atomic E-state index is 0.0409. The zero-order valence-electron chi connectivity index (χ0n) is 10.0. The average molecular weight is 349 g/mol. The van der Waals surface area contributed by atoms with Crippen LogP contribution in [0, 0.1) is 5.82 Å². The van der Waals surface area contributed by atoms with Gasteiger partial charge in [-0.15, -0.1) is 0 Å². The van der Waals surface area contributed by atoms with E-state index in [-0.39, 0.29) is 12.4 Å². The Hall–Kier alpha value is -1.63. The van der Waals surface area contributed by atoms with E-state index in [1.807, 2.05) is 0 Å². The van der Waals surface area contributed by atoms with E-state index < -0.39 is 17.7 Å². The molecule has 0 atom stereocenters. The first kappa shape index (κ1) is 14.8. The molecule has 0 aliphatic heterocycles. The molecule has 0 fully saturated rings. The molecule has 0 aliphatic rings. The molecule has 0 bridgehead atoms. The van der Waals surface area contributed by atoms with E-state index in [0.717, 1.165) is 6.07 Å². The lowest BCUT2D eigenvalue weighted by molar-refractivity contribution is -0.141. The predicted octanol–water partition coefficient (Wildman–Crippen LogP) is 4.61. The third-order valence-corrected chi connectivity index (χ3v) is 3.00. The zero-order chi connectivity index (χ0) is 14.8. The van der Waals surface area contributed by atoms with Gasteiger partial charge < -0.3 is 5.32 Å². The number of benzene rings is 1. The Balaban J connectivity index is 2.13. The summed E-state index contributed by atoms with van der Waals surface area (Å²) in [5, 5.41) is 2.67. The number of rotatable bonds is 3. The van der Waals surface area contributed by atoms with Crippen molar-refractivity contribution >= 4 is 21.7 Å². The summed E-state index contributed by atoms with van der Waals surface area (Å²) >= 11 is 3.20. The molecule has 2 aromatic rings. The van der Waals surface area contributed by atoms with Gasteiger partial charge in [-0.05, 0) is 30.3 Å². The highest BCUT2D eigenvalue weighted by molar-refractivity contribution is 9.10. The fourth-order valence-corrected chi connectivity index (χ4v) is 1.96. The molecule has 20 heavy (non-hydrogen) atoms. The third-order valence-electron chi connectivity index (χ3n) is 2.51. The van der Waals surface area contributed by atoms with Crippen LogP contribution in [-0.4, -0.2) is 4.98 Å². The van der Waals surface area contributed by atoms with Crippen molar-refractivity contribution in [3.63, 3.8) is 0 Å². The molecule has 0 radical (unpaired) electrons. The number of nitrogens with one attached hydrogen (secondary N) is 1. The molecule has 7 heteroatoms. The molecule has 1 aromatic heterocycles. The summed E-state index contributed by atoms with van der Waals surface area (Å²) in [6.45, 7) is 0.0413. The van der Waals surface area contributed by atoms with Crippen molar-refractivity contribution < 1.29 is 17.6 Å². The Morgan fingerprint density at radius 3 is 2.60 bits per heavy atom. The van der Waals surface area contributed by atoms with Crippen molar-refractivity contribution in [3.8, 4) is 0 Å². The van der Waals surface area contributed by atoms with Crippen molar-refractivity contribution in [2.24, 2.45) is 0 Å². The Morgan fingerprint density at radius 1 is 1.15 bits per heavy atom. The number of halogens is 5. The van der Waals surface area contributed by atoms with Crippen LogP contribution in [0.4, 0.5) is 23.4 Å². The lowest BCUT2D eigenvalue weighted by Gasteiger charge is -2.10. The van der Waals surface area contributed by atoms with Gasteiger partial charge in [-0.2, -0.15) is 13.2 Å². The number of hydrogen-bond donors (Lipinski definition) is 1. The highest BCUT2D eigenvalue weighted by Gasteiger charge is 2.32. The maximum atomic E-state index is 13.5. The molecule has 1 aromatic carbocycles. The molecule has 0 saturated heterocycles. The second kappa shape index (κ2) is 5.78. The fourth-order valence-electron chi connectivity index (χ4n) is 1.56. The molecule has 2 rings (SSSR count). The standard InChI is InChI=1S/C13H9BrF4N2/c14-9-4-5-10(15)8(6-9)7-19-12-3-1-2-11(20-12)13(16,17)18/h1-6H,7H2,(H,19,20). The minimum atomic E-state index is -4.50. The normalized spacial score (nSPS) is 11.4. The number of nitrogens with zero attached hydrogens (tertiary/aromatic N) is 1. The van der Waals surface area contributed by atoms with Gasteiger partial charge in [-0.25, -0.2) is 9.37 Å². The number of anilines is 1. The van der Waals surface area contributed by atoms with Gasteiger partial charge >= 0.3 is 6.18 Å². The third kappa shape index (κ3) is 3.69. The number of hydrogen-bond acceptors (Lipinski definition) is 2. The first-order valence-electron chi connectivity index (χ1n) is 5.58. The molecular formula is C13H9BrF4N2. The highest BCUT2D eigenvalue weighted by atomic mass is 79.9. The molecule has 0 unspecified atom stereocenters. The molecule has 0 saturated carbocycles. The van der Waals surface area contributed by atoms with Gasteiger partial charge in [-0.3, -0.25) is 0 Å².